The van der Waals surface area contributed by atoms with Gasteiger partial charge in [-0.2, -0.15) is 0 Å². The predicted molar refractivity (Wildman–Crippen MR) is 76.6 cm³/mol. The smallest absolute Gasteiger partial charge is 0.340 e. The van der Waals surface area contributed by atoms with E-state index in [4.69, 9.17) is 14.2 Å². The molecule has 6 heteroatoms. The van der Waals surface area contributed by atoms with Gasteiger partial charge in [0, 0.05) is 12.8 Å². The first-order valence-electron chi connectivity index (χ1n) is 6.72. The molecular weight excluding hydrogens is 326 g/mol. The van der Waals surface area contributed by atoms with E-state index in [1.165, 1.54) is 0 Å². The summed E-state index contributed by atoms with van der Waals surface area (Å²) in [6.07, 6.45) is 4.30. The molecule has 1 saturated heterocycles. The van der Waals surface area contributed by atoms with Crippen LogP contribution in [-0.4, -0.2) is 36.4 Å². The van der Waals surface area contributed by atoms with Gasteiger partial charge >= 0.3 is 5.97 Å². The Morgan fingerprint density at radius 3 is 3.15 bits per heavy atom. The summed E-state index contributed by atoms with van der Waals surface area (Å²) in [6.45, 7) is 2.87. The molecule has 0 spiro atoms. The van der Waals surface area contributed by atoms with Crippen molar-refractivity contribution in [3.8, 4) is 5.75 Å². The number of esters is 1. The van der Waals surface area contributed by atoms with Crippen molar-refractivity contribution >= 4 is 21.9 Å². The van der Waals surface area contributed by atoms with Crippen LogP contribution in [0.3, 0.4) is 0 Å². The van der Waals surface area contributed by atoms with Crippen molar-refractivity contribution in [1.82, 2.24) is 4.98 Å². The quantitative estimate of drug-likeness (QED) is 0.607. The molecule has 1 fully saturated rings. The maximum Gasteiger partial charge on any atom is 0.340 e. The van der Waals surface area contributed by atoms with Crippen LogP contribution in [0.4, 0.5) is 0 Å². The highest BCUT2D eigenvalue weighted by Gasteiger charge is 2.21. The van der Waals surface area contributed by atoms with Crippen molar-refractivity contribution in [2.45, 2.75) is 38.4 Å². The number of hydrogen-bond acceptors (Lipinski definition) is 5. The number of nitrogens with zero attached hydrogens (tertiary/aromatic N) is 1. The van der Waals surface area contributed by atoms with Crippen molar-refractivity contribution < 1.29 is 19.0 Å². The lowest BCUT2D eigenvalue weighted by molar-refractivity contribution is -0.149. The van der Waals surface area contributed by atoms with E-state index in [2.05, 4.69) is 20.9 Å². The first kappa shape index (κ1) is 15.4. The zero-order chi connectivity index (χ0) is 14.4. The number of halogens is 1. The molecule has 2 unspecified atom stereocenters. The standard InChI is InChI=1S/C14H18BrNO4/c1-10(19-9-11-5-2-3-8-18-11)14(17)20-12-6-4-7-16-13(12)15/h4,6-7,10-11H,2-3,5,8-9H2,1H3. The van der Waals surface area contributed by atoms with Crippen LogP contribution in [0.15, 0.2) is 22.9 Å². The minimum absolute atomic E-state index is 0.0872. The van der Waals surface area contributed by atoms with Gasteiger partial charge in [-0.25, -0.2) is 9.78 Å². The highest BCUT2D eigenvalue weighted by molar-refractivity contribution is 9.10. The normalized spacial score (nSPS) is 20.4. The van der Waals surface area contributed by atoms with Crippen LogP contribution in [0.2, 0.25) is 0 Å². The fraction of sp³-hybridized carbons (Fsp3) is 0.571. The Morgan fingerprint density at radius 2 is 2.45 bits per heavy atom. The van der Waals surface area contributed by atoms with E-state index in [0.29, 0.717) is 17.0 Å². The van der Waals surface area contributed by atoms with E-state index < -0.39 is 12.1 Å². The van der Waals surface area contributed by atoms with Crippen molar-refractivity contribution in [2.24, 2.45) is 0 Å². The van der Waals surface area contributed by atoms with Gasteiger partial charge < -0.3 is 14.2 Å². The SMILES string of the molecule is CC(OCC1CCCCO1)C(=O)Oc1cccnc1Br. The second-order valence-electron chi connectivity index (χ2n) is 4.68. The maximum atomic E-state index is 11.9. The van der Waals surface area contributed by atoms with Gasteiger partial charge in [-0.05, 0) is 54.2 Å². The number of hydrogen-bond donors (Lipinski definition) is 0. The lowest BCUT2D eigenvalue weighted by Crippen LogP contribution is -2.31. The maximum absolute atomic E-state index is 11.9. The summed E-state index contributed by atoms with van der Waals surface area (Å²) >= 11 is 3.23. The number of carbonyl (C=O) groups excluding carboxylic acids is 1. The van der Waals surface area contributed by atoms with Gasteiger partial charge in [0.1, 0.15) is 4.60 Å². The first-order chi connectivity index (χ1) is 9.66. The van der Waals surface area contributed by atoms with E-state index in [1.807, 2.05) is 0 Å². The summed E-state index contributed by atoms with van der Waals surface area (Å²) in [4.78, 5) is 15.9. The predicted octanol–water partition coefficient (Wildman–Crippen LogP) is 2.72. The van der Waals surface area contributed by atoms with E-state index in [0.717, 1.165) is 25.9 Å². The topological polar surface area (TPSA) is 57.7 Å². The molecule has 2 rings (SSSR count). The van der Waals surface area contributed by atoms with Crippen molar-refractivity contribution in [3.63, 3.8) is 0 Å². The van der Waals surface area contributed by atoms with Gasteiger partial charge in [-0.3, -0.25) is 0 Å². The molecule has 0 aromatic carbocycles. The number of aromatic nitrogens is 1. The average molecular weight is 344 g/mol. The summed E-state index contributed by atoms with van der Waals surface area (Å²) in [5.74, 6) is -0.0450. The molecule has 0 aliphatic carbocycles. The van der Waals surface area contributed by atoms with Gasteiger partial charge in [-0.15, -0.1) is 0 Å². The van der Waals surface area contributed by atoms with Crippen LogP contribution in [0.25, 0.3) is 0 Å². The van der Waals surface area contributed by atoms with Crippen molar-refractivity contribution in [3.05, 3.63) is 22.9 Å². The molecule has 1 aliphatic rings. The molecule has 0 radical (unpaired) electrons. The molecule has 1 aromatic heterocycles. The van der Waals surface area contributed by atoms with Crippen LogP contribution < -0.4 is 4.74 Å². The molecule has 1 aromatic rings. The molecule has 0 amide bonds. The van der Waals surface area contributed by atoms with Gasteiger partial charge in [0.25, 0.3) is 0 Å². The molecule has 1 aliphatic heterocycles. The number of pyridine rings is 1. The third-order valence-electron chi connectivity index (χ3n) is 3.07. The molecule has 2 atom stereocenters. The second kappa shape index (κ2) is 7.71. The highest BCUT2D eigenvalue weighted by atomic mass is 79.9. The van der Waals surface area contributed by atoms with Crippen LogP contribution in [0.1, 0.15) is 26.2 Å². The molecule has 5 nitrogen and oxygen atoms in total. The zero-order valence-electron chi connectivity index (χ0n) is 11.4. The minimum atomic E-state index is -0.632. The van der Waals surface area contributed by atoms with Gasteiger partial charge in [-0.1, -0.05) is 0 Å². The Kier molecular flexibility index (Phi) is 5.94. The summed E-state index contributed by atoms with van der Waals surface area (Å²) < 4.78 is 16.8. The molecule has 110 valence electrons. The third-order valence-corrected chi connectivity index (χ3v) is 3.67. The summed E-state index contributed by atoms with van der Waals surface area (Å²) in [5, 5.41) is 0. The van der Waals surface area contributed by atoms with Gasteiger partial charge in [0.2, 0.25) is 0 Å². The average Bonchev–Trinajstić information content (AvgIpc) is 2.48. The minimum Gasteiger partial charge on any atom is -0.422 e. The third kappa shape index (κ3) is 4.54. The second-order valence-corrected chi connectivity index (χ2v) is 5.43. The number of ether oxygens (including phenoxy) is 3. The molecule has 2 heterocycles. The lowest BCUT2D eigenvalue weighted by Gasteiger charge is -2.23. The number of rotatable bonds is 5. The Labute approximate surface area is 126 Å². The number of carbonyl (C=O) groups is 1. The summed E-state index contributed by atoms with van der Waals surface area (Å²) in [5.41, 5.74) is 0. The Bertz CT molecular complexity index is 449. The van der Waals surface area contributed by atoms with Crippen LogP contribution in [-0.2, 0) is 14.3 Å². The summed E-state index contributed by atoms with van der Waals surface area (Å²) in [7, 11) is 0. The molecule has 0 N–H and O–H groups in total. The molecule has 0 bridgehead atoms. The van der Waals surface area contributed by atoms with E-state index >= 15 is 0 Å². The molecular formula is C14H18BrNO4. The van der Waals surface area contributed by atoms with Crippen LogP contribution in [0, 0.1) is 0 Å². The van der Waals surface area contributed by atoms with E-state index in [9.17, 15) is 4.79 Å². The molecule has 20 heavy (non-hydrogen) atoms. The van der Waals surface area contributed by atoms with E-state index in [1.54, 1.807) is 25.3 Å². The van der Waals surface area contributed by atoms with Crippen molar-refractivity contribution in [1.29, 1.82) is 0 Å². The Hall–Kier alpha value is -0.980. The fourth-order valence-electron chi connectivity index (χ4n) is 1.90. The largest absolute Gasteiger partial charge is 0.422 e. The lowest BCUT2D eigenvalue weighted by atomic mass is 10.1. The van der Waals surface area contributed by atoms with Gasteiger partial charge in [0.15, 0.2) is 11.9 Å². The van der Waals surface area contributed by atoms with Crippen LogP contribution >= 0.6 is 15.9 Å². The fourth-order valence-corrected chi connectivity index (χ4v) is 2.23. The Morgan fingerprint density at radius 1 is 1.60 bits per heavy atom. The zero-order valence-corrected chi connectivity index (χ0v) is 13.0. The van der Waals surface area contributed by atoms with Crippen LogP contribution in [0.5, 0.6) is 5.75 Å². The monoisotopic (exact) mass is 343 g/mol. The molecule has 0 saturated carbocycles. The summed E-state index contributed by atoms with van der Waals surface area (Å²) in [6, 6.07) is 3.38. The Balaban J connectivity index is 1.78. The van der Waals surface area contributed by atoms with Gasteiger partial charge in [0.05, 0.1) is 12.7 Å². The highest BCUT2D eigenvalue weighted by Crippen LogP contribution is 2.22. The van der Waals surface area contributed by atoms with Crippen molar-refractivity contribution in [2.75, 3.05) is 13.2 Å². The van der Waals surface area contributed by atoms with E-state index in [-0.39, 0.29) is 6.10 Å². The first-order valence-corrected chi connectivity index (χ1v) is 7.51.